The van der Waals surface area contributed by atoms with E-state index in [9.17, 15) is 0 Å². The summed E-state index contributed by atoms with van der Waals surface area (Å²) in [5, 5.41) is 0. The van der Waals surface area contributed by atoms with Crippen LogP contribution in [0.5, 0.6) is 0 Å². The number of morpholine rings is 1. The summed E-state index contributed by atoms with van der Waals surface area (Å²) in [7, 11) is 1.81. The zero-order chi connectivity index (χ0) is 20.6. The summed E-state index contributed by atoms with van der Waals surface area (Å²) in [6.07, 6.45) is 2.20. The van der Waals surface area contributed by atoms with Gasteiger partial charge in [-0.25, -0.2) is 0 Å². The van der Waals surface area contributed by atoms with Crippen LogP contribution < -0.4 is 0 Å². The van der Waals surface area contributed by atoms with Gasteiger partial charge in [0.1, 0.15) is 0 Å². The third kappa shape index (κ3) is 7.01. The summed E-state index contributed by atoms with van der Waals surface area (Å²) in [6.45, 7) is 7.84. The van der Waals surface area contributed by atoms with Crippen molar-refractivity contribution in [2.45, 2.75) is 34.5 Å². The smallest absolute Gasteiger partial charge is 0.0594 e. The Morgan fingerprint density at radius 2 is 2.00 bits per heavy atom. The van der Waals surface area contributed by atoms with Gasteiger partial charge in [-0.3, -0.25) is 4.90 Å². The molecule has 29 heavy (non-hydrogen) atoms. The summed E-state index contributed by atoms with van der Waals surface area (Å²) in [4.78, 5) is 5.97. The van der Waals surface area contributed by atoms with Crippen molar-refractivity contribution < 1.29 is 9.47 Å². The van der Waals surface area contributed by atoms with E-state index in [4.69, 9.17) is 9.47 Å². The Morgan fingerprint density at radius 3 is 2.76 bits per heavy atom. The first-order chi connectivity index (χ1) is 14.1. The number of benzene rings is 2. The minimum Gasteiger partial charge on any atom is -0.384 e. The Kier molecular flexibility index (Phi) is 9.41. The maximum atomic E-state index is 5.51. The van der Waals surface area contributed by atoms with Crippen LogP contribution in [0.15, 0.2) is 55.6 Å². The lowest BCUT2D eigenvalue weighted by Gasteiger charge is -2.30. The molecule has 0 amide bonds. The van der Waals surface area contributed by atoms with E-state index < -0.39 is 0 Å². The zero-order valence-electron chi connectivity index (χ0n) is 17.2. The van der Waals surface area contributed by atoms with Crippen LogP contribution in [0, 0.1) is 12.8 Å². The highest BCUT2D eigenvalue weighted by Gasteiger charge is 2.17. The molecule has 3 rings (SSSR count). The molecule has 0 bridgehead atoms. The van der Waals surface area contributed by atoms with E-state index in [-0.39, 0.29) is 0 Å². The number of halogens is 1. The number of thiol groups is 1. The van der Waals surface area contributed by atoms with Gasteiger partial charge in [0.2, 0.25) is 0 Å². The van der Waals surface area contributed by atoms with Crippen molar-refractivity contribution in [2.75, 3.05) is 46.6 Å². The van der Waals surface area contributed by atoms with Crippen LogP contribution >= 0.6 is 40.3 Å². The molecular weight excluding hydrogens is 466 g/mol. The molecule has 0 spiro atoms. The molecule has 1 fully saturated rings. The van der Waals surface area contributed by atoms with Gasteiger partial charge >= 0.3 is 0 Å². The Bertz CT molecular complexity index is 796. The predicted molar refractivity (Wildman–Crippen MR) is 128 cm³/mol. The monoisotopic (exact) mass is 495 g/mol. The van der Waals surface area contributed by atoms with Gasteiger partial charge in [0.05, 0.1) is 19.8 Å². The molecule has 0 N–H and O–H groups in total. The third-order valence-corrected chi connectivity index (χ3v) is 8.11. The molecule has 0 radical (unpaired) electrons. The molecular formula is C23H30BrNO2S2. The molecule has 1 saturated heterocycles. The van der Waals surface area contributed by atoms with Gasteiger partial charge in [-0.15, -0.1) is 12.6 Å². The highest BCUT2D eigenvalue weighted by atomic mass is 79.9. The van der Waals surface area contributed by atoms with E-state index in [1.54, 1.807) is 18.9 Å². The van der Waals surface area contributed by atoms with Gasteiger partial charge in [-0.2, -0.15) is 0 Å². The van der Waals surface area contributed by atoms with Crippen molar-refractivity contribution in [1.29, 1.82) is 0 Å². The summed E-state index contributed by atoms with van der Waals surface area (Å²) >= 11 is 10.0. The van der Waals surface area contributed by atoms with Gasteiger partial charge in [0, 0.05) is 45.9 Å². The van der Waals surface area contributed by atoms with Crippen LogP contribution in [0.25, 0.3) is 0 Å². The molecule has 6 heteroatoms. The lowest BCUT2D eigenvalue weighted by Crippen LogP contribution is -2.40. The van der Waals surface area contributed by atoms with Crippen LogP contribution in [-0.4, -0.2) is 51.5 Å². The van der Waals surface area contributed by atoms with Crippen molar-refractivity contribution in [3.05, 3.63) is 52.0 Å². The molecule has 0 unspecified atom stereocenters. The number of hydrogen-bond donors (Lipinski definition) is 1. The second-order valence-corrected chi connectivity index (χ2v) is 9.95. The summed E-state index contributed by atoms with van der Waals surface area (Å²) in [5.41, 5.74) is 2.69. The van der Waals surface area contributed by atoms with Gasteiger partial charge in [0.25, 0.3) is 0 Å². The van der Waals surface area contributed by atoms with E-state index in [0.717, 1.165) is 61.7 Å². The van der Waals surface area contributed by atoms with Crippen LogP contribution in [-0.2, 0) is 15.9 Å². The SMILES string of the molecule is COC[C@@H](CCc1ccc(C)c(Sc2cccc(Br)c2S)c1)CN1CCOCC1. The largest absolute Gasteiger partial charge is 0.384 e. The number of aryl methyl sites for hydroxylation is 2. The standard InChI is InChI=1S/C23H30BrNO2S2/c1-17-6-7-18(14-22(17)29-21-5-3-4-20(24)23(21)28)8-9-19(16-26-2)15-25-10-12-27-13-11-25/h3-7,14,19,28H,8-13,15-16H2,1-2H3/t19-/m0/s1. The lowest BCUT2D eigenvalue weighted by atomic mass is 9.98. The Hall–Kier alpha value is -0.500. The fourth-order valence-electron chi connectivity index (χ4n) is 3.59. The maximum absolute atomic E-state index is 5.51. The van der Waals surface area contributed by atoms with Crippen LogP contribution in [0.4, 0.5) is 0 Å². The fraction of sp³-hybridized carbons (Fsp3) is 0.478. The minimum atomic E-state index is 0.546. The number of ether oxygens (including phenoxy) is 2. The Morgan fingerprint density at radius 1 is 1.21 bits per heavy atom. The molecule has 0 aromatic heterocycles. The molecule has 0 aliphatic carbocycles. The fourth-order valence-corrected chi connectivity index (χ4v) is 5.40. The highest BCUT2D eigenvalue weighted by molar-refractivity contribution is 9.10. The second kappa shape index (κ2) is 11.8. The van der Waals surface area contributed by atoms with Crippen LogP contribution in [0.1, 0.15) is 17.5 Å². The Balaban J connectivity index is 1.64. The number of hydrogen-bond acceptors (Lipinski definition) is 5. The minimum absolute atomic E-state index is 0.546. The number of rotatable bonds is 9. The second-order valence-electron chi connectivity index (χ2n) is 7.56. The average Bonchev–Trinajstić information content (AvgIpc) is 2.72. The summed E-state index contributed by atoms with van der Waals surface area (Å²) < 4.78 is 12.0. The van der Waals surface area contributed by atoms with Gasteiger partial charge in [-0.05, 0) is 70.9 Å². The van der Waals surface area contributed by atoms with E-state index >= 15 is 0 Å². The molecule has 2 aromatic rings. The first-order valence-corrected chi connectivity index (χ1v) is 12.2. The molecule has 0 saturated carbocycles. The van der Waals surface area contributed by atoms with E-state index in [1.165, 1.54) is 20.9 Å². The van der Waals surface area contributed by atoms with Crippen LogP contribution in [0.2, 0.25) is 0 Å². The summed E-state index contributed by atoms with van der Waals surface area (Å²) in [6, 6.07) is 13.1. The van der Waals surface area contributed by atoms with Gasteiger partial charge in [0.15, 0.2) is 0 Å². The first kappa shape index (κ1) is 23.2. The van der Waals surface area contributed by atoms with Crippen molar-refractivity contribution >= 4 is 40.3 Å². The van der Waals surface area contributed by atoms with Gasteiger partial charge in [-0.1, -0.05) is 30.0 Å². The van der Waals surface area contributed by atoms with Crippen molar-refractivity contribution in [2.24, 2.45) is 5.92 Å². The van der Waals surface area contributed by atoms with Gasteiger partial charge < -0.3 is 9.47 Å². The lowest BCUT2D eigenvalue weighted by molar-refractivity contribution is 0.0215. The van der Waals surface area contributed by atoms with Crippen molar-refractivity contribution in [1.82, 2.24) is 4.90 Å². The molecule has 1 aliphatic rings. The average molecular weight is 497 g/mol. The molecule has 2 aromatic carbocycles. The van der Waals surface area contributed by atoms with Crippen molar-refractivity contribution in [3.8, 4) is 0 Å². The normalized spacial score (nSPS) is 16.1. The van der Waals surface area contributed by atoms with E-state index in [0.29, 0.717) is 5.92 Å². The first-order valence-electron chi connectivity index (χ1n) is 10.1. The molecule has 1 heterocycles. The zero-order valence-corrected chi connectivity index (χ0v) is 20.5. The number of nitrogens with zero attached hydrogens (tertiary/aromatic N) is 1. The quantitative estimate of drug-likeness (QED) is 0.448. The maximum Gasteiger partial charge on any atom is 0.0594 e. The molecule has 1 atom stereocenters. The third-order valence-electron chi connectivity index (χ3n) is 5.29. The molecule has 1 aliphatic heterocycles. The topological polar surface area (TPSA) is 21.7 Å². The highest BCUT2D eigenvalue weighted by Crippen LogP contribution is 2.37. The van der Waals surface area contributed by atoms with Crippen molar-refractivity contribution in [3.63, 3.8) is 0 Å². The molecule has 3 nitrogen and oxygen atoms in total. The van der Waals surface area contributed by atoms with E-state index in [2.05, 4.69) is 70.7 Å². The number of methoxy groups -OCH3 is 1. The molecule has 158 valence electrons. The van der Waals surface area contributed by atoms with E-state index in [1.807, 2.05) is 6.07 Å². The summed E-state index contributed by atoms with van der Waals surface area (Å²) in [5.74, 6) is 0.546. The Labute approximate surface area is 193 Å². The van der Waals surface area contributed by atoms with Crippen LogP contribution in [0.3, 0.4) is 0 Å². The predicted octanol–water partition coefficient (Wildman–Crippen LogP) is 5.72.